The Morgan fingerprint density at radius 3 is 2.30 bits per heavy atom. The van der Waals surface area contributed by atoms with Gasteiger partial charge in [-0.15, -0.1) is 0 Å². The standard InChI is InChI=1S/C18H19NO4/c20-17(21)10-6-13-4-8-15(9-5-13)19-16-3-1-2-14(12-16)7-11-18(22)23/h1-5,8-9H,6-7,10-12H2,(H,20,21)(H,22,23). The fourth-order valence-corrected chi connectivity index (χ4v) is 2.32. The molecule has 23 heavy (non-hydrogen) atoms. The summed E-state index contributed by atoms with van der Waals surface area (Å²) < 4.78 is 0. The van der Waals surface area contributed by atoms with Crippen LogP contribution in [0.5, 0.6) is 0 Å². The highest BCUT2D eigenvalue weighted by Crippen LogP contribution is 2.20. The van der Waals surface area contributed by atoms with Crippen LogP contribution in [0.3, 0.4) is 0 Å². The molecule has 2 N–H and O–H groups in total. The van der Waals surface area contributed by atoms with Crippen molar-refractivity contribution < 1.29 is 19.8 Å². The van der Waals surface area contributed by atoms with Gasteiger partial charge >= 0.3 is 11.9 Å². The first kappa shape index (κ1) is 16.7. The van der Waals surface area contributed by atoms with Crippen LogP contribution in [0.4, 0.5) is 5.69 Å². The number of aryl methyl sites for hydroxylation is 1. The number of carbonyl (C=O) groups is 2. The fourth-order valence-electron chi connectivity index (χ4n) is 2.32. The zero-order valence-electron chi connectivity index (χ0n) is 12.7. The summed E-state index contributed by atoms with van der Waals surface area (Å²) in [5.74, 6) is -1.60. The van der Waals surface area contributed by atoms with Gasteiger partial charge in [-0.2, -0.15) is 0 Å². The zero-order chi connectivity index (χ0) is 16.7. The van der Waals surface area contributed by atoms with E-state index in [9.17, 15) is 9.59 Å². The molecular formula is C18H19NO4. The van der Waals surface area contributed by atoms with Crippen LogP contribution in [0.15, 0.2) is 53.1 Å². The van der Waals surface area contributed by atoms with E-state index < -0.39 is 11.9 Å². The lowest BCUT2D eigenvalue weighted by Gasteiger charge is -2.10. The Kier molecular flexibility index (Phi) is 5.86. The van der Waals surface area contributed by atoms with Crippen molar-refractivity contribution in [2.75, 3.05) is 0 Å². The predicted molar refractivity (Wildman–Crippen MR) is 88.2 cm³/mol. The number of nitrogens with zero attached hydrogens (tertiary/aromatic N) is 1. The summed E-state index contributed by atoms with van der Waals surface area (Å²) in [5, 5.41) is 17.4. The number of carboxylic acids is 2. The van der Waals surface area contributed by atoms with Crippen molar-refractivity contribution in [1.82, 2.24) is 0 Å². The molecule has 0 heterocycles. The van der Waals surface area contributed by atoms with Gasteiger partial charge in [0.05, 0.1) is 5.69 Å². The molecule has 1 aromatic carbocycles. The lowest BCUT2D eigenvalue weighted by Crippen LogP contribution is -2.03. The third-order valence-electron chi connectivity index (χ3n) is 3.53. The monoisotopic (exact) mass is 313 g/mol. The molecule has 1 aromatic rings. The van der Waals surface area contributed by atoms with Crippen molar-refractivity contribution in [2.45, 2.75) is 32.1 Å². The Hall–Kier alpha value is -2.69. The second kappa shape index (κ2) is 8.08. The molecule has 0 saturated carbocycles. The van der Waals surface area contributed by atoms with E-state index in [1.54, 1.807) is 0 Å². The lowest BCUT2D eigenvalue weighted by atomic mass is 9.99. The molecule has 0 saturated heterocycles. The van der Waals surface area contributed by atoms with E-state index in [0.29, 0.717) is 19.3 Å². The number of aliphatic carboxylic acids is 2. The molecule has 0 unspecified atom stereocenters. The zero-order valence-corrected chi connectivity index (χ0v) is 12.7. The van der Waals surface area contributed by atoms with Crippen LogP contribution in [0, 0.1) is 0 Å². The normalized spacial score (nSPS) is 15.5. The molecule has 120 valence electrons. The van der Waals surface area contributed by atoms with Gasteiger partial charge in [0, 0.05) is 25.0 Å². The summed E-state index contributed by atoms with van der Waals surface area (Å²) in [5.41, 5.74) is 3.73. The minimum Gasteiger partial charge on any atom is -0.481 e. The third-order valence-corrected chi connectivity index (χ3v) is 3.53. The van der Waals surface area contributed by atoms with Crippen LogP contribution >= 0.6 is 0 Å². The minimum atomic E-state index is -0.803. The fraction of sp³-hybridized carbons (Fsp3) is 0.278. The second-order valence-electron chi connectivity index (χ2n) is 5.42. The number of aliphatic imine (C=N–C) groups is 1. The first-order valence-electron chi connectivity index (χ1n) is 7.49. The maximum Gasteiger partial charge on any atom is 0.303 e. The predicted octanol–water partition coefficient (Wildman–Crippen LogP) is 3.53. The first-order chi connectivity index (χ1) is 11.0. The summed E-state index contributed by atoms with van der Waals surface area (Å²) in [6, 6.07) is 7.51. The van der Waals surface area contributed by atoms with Crippen LogP contribution in [0.2, 0.25) is 0 Å². The molecular weight excluding hydrogens is 294 g/mol. The number of allylic oxidation sites excluding steroid dienone is 4. The molecule has 0 amide bonds. The number of hydrogen-bond donors (Lipinski definition) is 2. The van der Waals surface area contributed by atoms with Crippen molar-refractivity contribution in [3.05, 3.63) is 53.6 Å². The van der Waals surface area contributed by atoms with Gasteiger partial charge in [-0.3, -0.25) is 14.6 Å². The van der Waals surface area contributed by atoms with Crippen molar-refractivity contribution in [3.8, 4) is 0 Å². The Balaban J connectivity index is 1.96. The van der Waals surface area contributed by atoms with Gasteiger partial charge in [0.1, 0.15) is 0 Å². The van der Waals surface area contributed by atoms with E-state index in [0.717, 1.165) is 22.5 Å². The van der Waals surface area contributed by atoms with Gasteiger partial charge in [0.15, 0.2) is 0 Å². The van der Waals surface area contributed by atoms with Crippen LogP contribution < -0.4 is 0 Å². The van der Waals surface area contributed by atoms with Crippen molar-refractivity contribution in [1.29, 1.82) is 0 Å². The number of hydrogen-bond acceptors (Lipinski definition) is 3. The average Bonchev–Trinajstić information content (AvgIpc) is 2.52. The van der Waals surface area contributed by atoms with Crippen molar-refractivity contribution in [3.63, 3.8) is 0 Å². The maximum absolute atomic E-state index is 10.6. The molecule has 0 spiro atoms. The molecule has 0 fully saturated rings. The SMILES string of the molecule is O=C(O)CCC1=CC=CC(=Nc2ccc(CCC(=O)O)cc2)C1. The average molecular weight is 313 g/mol. The highest BCUT2D eigenvalue weighted by molar-refractivity contribution is 5.99. The summed E-state index contributed by atoms with van der Waals surface area (Å²) in [4.78, 5) is 25.7. The first-order valence-corrected chi connectivity index (χ1v) is 7.49. The number of rotatable bonds is 7. The number of carboxylic acid groups (broad SMARTS) is 2. The summed E-state index contributed by atoms with van der Waals surface area (Å²) in [6.45, 7) is 0. The van der Waals surface area contributed by atoms with Gasteiger partial charge in [0.2, 0.25) is 0 Å². The Morgan fingerprint density at radius 1 is 1.00 bits per heavy atom. The van der Waals surface area contributed by atoms with Gasteiger partial charge < -0.3 is 10.2 Å². The summed E-state index contributed by atoms with van der Waals surface area (Å²) in [7, 11) is 0. The van der Waals surface area contributed by atoms with E-state index in [-0.39, 0.29) is 12.8 Å². The molecule has 0 aromatic heterocycles. The van der Waals surface area contributed by atoms with E-state index in [4.69, 9.17) is 10.2 Å². The molecule has 0 bridgehead atoms. The topological polar surface area (TPSA) is 87.0 Å². The van der Waals surface area contributed by atoms with Crippen LogP contribution in [0.25, 0.3) is 0 Å². The molecule has 5 heteroatoms. The van der Waals surface area contributed by atoms with Crippen molar-refractivity contribution in [2.24, 2.45) is 4.99 Å². The largest absolute Gasteiger partial charge is 0.481 e. The Bertz CT molecular complexity index is 669. The third kappa shape index (κ3) is 5.90. The smallest absolute Gasteiger partial charge is 0.303 e. The Morgan fingerprint density at radius 2 is 1.65 bits per heavy atom. The second-order valence-corrected chi connectivity index (χ2v) is 5.42. The molecule has 0 radical (unpaired) electrons. The summed E-state index contributed by atoms with van der Waals surface area (Å²) >= 11 is 0. The van der Waals surface area contributed by atoms with Crippen LogP contribution in [-0.4, -0.2) is 27.9 Å². The lowest BCUT2D eigenvalue weighted by molar-refractivity contribution is -0.138. The molecule has 1 aliphatic carbocycles. The van der Waals surface area contributed by atoms with E-state index >= 15 is 0 Å². The van der Waals surface area contributed by atoms with Crippen LogP contribution in [-0.2, 0) is 16.0 Å². The Labute approximate surface area is 134 Å². The highest BCUT2D eigenvalue weighted by Gasteiger charge is 2.08. The van der Waals surface area contributed by atoms with E-state index in [1.807, 2.05) is 42.5 Å². The van der Waals surface area contributed by atoms with Crippen LogP contribution in [0.1, 0.15) is 31.2 Å². The quantitative estimate of drug-likeness (QED) is 0.806. The molecule has 0 aliphatic heterocycles. The maximum atomic E-state index is 10.6. The van der Waals surface area contributed by atoms with Gasteiger partial charge in [-0.1, -0.05) is 29.9 Å². The molecule has 5 nitrogen and oxygen atoms in total. The van der Waals surface area contributed by atoms with E-state index in [2.05, 4.69) is 4.99 Å². The minimum absolute atomic E-state index is 0.119. The molecule has 2 rings (SSSR count). The van der Waals surface area contributed by atoms with Gasteiger partial charge in [-0.05, 0) is 36.6 Å². The molecule has 0 atom stereocenters. The molecule has 1 aliphatic rings. The number of benzene rings is 1. The van der Waals surface area contributed by atoms with Gasteiger partial charge in [-0.25, -0.2) is 0 Å². The van der Waals surface area contributed by atoms with Gasteiger partial charge in [0.25, 0.3) is 0 Å². The van der Waals surface area contributed by atoms with E-state index in [1.165, 1.54) is 0 Å². The van der Waals surface area contributed by atoms with Crippen molar-refractivity contribution >= 4 is 23.3 Å². The highest BCUT2D eigenvalue weighted by atomic mass is 16.4. The summed E-state index contributed by atoms with van der Waals surface area (Å²) in [6.07, 6.45) is 7.70.